The van der Waals surface area contributed by atoms with Crippen LogP contribution in [-0.4, -0.2) is 29.4 Å². The van der Waals surface area contributed by atoms with Gasteiger partial charge in [-0.05, 0) is 37.1 Å². The van der Waals surface area contributed by atoms with E-state index >= 15 is 0 Å². The van der Waals surface area contributed by atoms with Gasteiger partial charge in [-0.2, -0.15) is 9.29 Å². The SMILES string of the molecule is O=S(=O)(c1cccs1)N1CCCC1c1nc(C2CC2)no1. The molecule has 2 aromatic rings. The second-order valence-corrected chi connectivity index (χ2v) is 8.54. The minimum Gasteiger partial charge on any atom is -0.338 e. The smallest absolute Gasteiger partial charge is 0.253 e. The fourth-order valence-corrected chi connectivity index (χ4v) is 5.46. The molecule has 2 fully saturated rings. The molecule has 3 heterocycles. The molecule has 0 N–H and O–H groups in total. The number of rotatable bonds is 4. The predicted molar refractivity (Wildman–Crippen MR) is 76.5 cm³/mol. The summed E-state index contributed by atoms with van der Waals surface area (Å²) >= 11 is 1.24. The summed E-state index contributed by atoms with van der Waals surface area (Å²) in [5, 5.41) is 5.77. The quantitative estimate of drug-likeness (QED) is 0.863. The summed E-state index contributed by atoms with van der Waals surface area (Å²) in [6.07, 6.45) is 3.75. The first-order chi connectivity index (χ1) is 10.2. The van der Waals surface area contributed by atoms with Crippen LogP contribution in [-0.2, 0) is 10.0 Å². The first-order valence-corrected chi connectivity index (χ1v) is 9.37. The van der Waals surface area contributed by atoms with Crippen LogP contribution < -0.4 is 0 Å². The monoisotopic (exact) mass is 325 g/mol. The summed E-state index contributed by atoms with van der Waals surface area (Å²) in [6, 6.07) is 3.07. The minimum absolute atomic E-state index is 0.322. The molecule has 1 aliphatic carbocycles. The minimum atomic E-state index is -3.46. The van der Waals surface area contributed by atoms with Crippen molar-refractivity contribution in [3.05, 3.63) is 29.2 Å². The van der Waals surface area contributed by atoms with Gasteiger partial charge in [0.25, 0.3) is 10.0 Å². The van der Waals surface area contributed by atoms with E-state index in [0.717, 1.165) is 31.5 Å². The molecule has 0 aromatic carbocycles. The van der Waals surface area contributed by atoms with Crippen molar-refractivity contribution in [1.82, 2.24) is 14.4 Å². The van der Waals surface area contributed by atoms with Gasteiger partial charge in [-0.25, -0.2) is 8.42 Å². The lowest BCUT2D eigenvalue weighted by Crippen LogP contribution is -2.30. The average Bonchev–Trinajstić information content (AvgIpc) is 2.98. The Kier molecular flexibility index (Phi) is 3.13. The molecule has 2 aromatic heterocycles. The summed E-state index contributed by atoms with van der Waals surface area (Å²) < 4.78 is 32.6. The first-order valence-electron chi connectivity index (χ1n) is 7.05. The predicted octanol–water partition coefficient (Wildman–Crippen LogP) is 2.53. The third kappa shape index (κ3) is 2.31. The van der Waals surface area contributed by atoms with Crippen molar-refractivity contribution in [2.45, 2.75) is 41.9 Å². The van der Waals surface area contributed by atoms with E-state index in [0.29, 0.717) is 22.6 Å². The van der Waals surface area contributed by atoms with E-state index < -0.39 is 10.0 Å². The molecule has 0 amide bonds. The van der Waals surface area contributed by atoms with Crippen LogP contribution in [0.1, 0.15) is 49.4 Å². The summed E-state index contributed by atoms with van der Waals surface area (Å²) in [5.41, 5.74) is 0. The van der Waals surface area contributed by atoms with E-state index in [9.17, 15) is 8.42 Å². The third-order valence-corrected chi connectivity index (χ3v) is 7.23. The van der Waals surface area contributed by atoms with E-state index in [1.807, 2.05) is 0 Å². The van der Waals surface area contributed by atoms with Crippen molar-refractivity contribution < 1.29 is 12.9 Å². The average molecular weight is 325 g/mol. The highest BCUT2D eigenvalue weighted by Crippen LogP contribution is 2.41. The van der Waals surface area contributed by atoms with E-state index in [1.54, 1.807) is 17.5 Å². The standard InChI is InChI=1S/C13H15N3O3S2/c17-21(18,11-4-2-8-20-11)16-7-1-3-10(16)13-14-12(15-19-13)9-5-6-9/h2,4,8-10H,1,3,5-7H2. The normalized spacial score (nSPS) is 23.7. The van der Waals surface area contributed by atoms with Crippen LogP contribution in [0.5, 0.6) is 0 Å². The van der Waals surface area contributed by atoms with Gasteiger partial charge in [0.15, 0.2) is 5.82 Å². The van der Waals surface area contributed by atoms with Crippen LogP contribution in [0.25, 0.3) is 0 Å². The molecule has 1 aliphatic heterocycles. The Morgan fingerprint density at radius 2 is 2.19 bits per heavy atom. The van der Waals surface area contributed by atoms with Crippen LogP contribution >= 0.6 is 11.3 Å². The molecule has 1 saturated heterocycles. The van der Waals surface area contributed by atoms with E-state index in [2.05, 4.69) is 10.1 Å². The van der Waals surface area contributed by atoms with Gasteiger partial charge in [-0.15, -0.1) is 11.3 Å². The zero-order chi connectivity index (χ0) is 14.4. The first kappa shape index (κ1) is 13.4. The highest BCUT2D eigenvalue weighted by molar-refractivity contribution is 7.91. The van der Waals surface area contributed by atoms with Crippen LogP contribution in [0.4, 0.5) is 0 Å². The highest BCUT2D eigenvalue weighted by atomic mass is 32.2. The van der Waals surface area contributed by atoms with Gasteiger partial charge in [0.1, 0.15) is 10.3 Å². The molecule has 0 bridgehead atoms. The Hall–Kier alpha value is -1.25. The molecule has 21 heavy (non-hydrogen) atoms. The topological polar surface area (TPSA) is 76.3 Å². The second kappa shape index (κ2) is 4.89. The molecule has 4 rings (SSSR count). The summed E-state index contributed by atoms with van der Waals surface area (Å²) in [7, 11) is -3.46. The molecular formula is C13H15N3O3S2. The number of nitrogens with zero attached hydrogens (tertiary/aromatic N) is 3. The number of hydrogen-bond acceptors (Lipinski definition) is 6. The molecule has 2 aliphatic rings. The van der Waals surface area contributed by atoms with Crippen LogP contribution in [0.2, 0.25) is 0 Å². The number of hydrogen-bond donors (Lipinski definition) is 0. The molecule has 1 unspecified atom stereocenters. The lowest BCUT2D eigenvalue weighted by atomic mass is 10.2. The van der Waals surface area contributed by atoms with Crippen molar-refractivity contribution in [3.8, 4) is 0 Å². The van der Waals surface area contributed by atoms with Gasteiger partial charge in [0.05, 0.1) is 0 Å². The van der Waals surface area contributed by atoms with Crippen molar-refractivity contribution in [2.75, 3.05) is 6.54 Å². The maximum atomic E-state index is 12.7. The maximum Gasteiger partial charge on any atom is 0.253 e. The van der Waals surface area contributed by atoms with E-state index in [1.165, 1.54) is 15.6 Å². The molecular weight excluding hydrogens is 310 g/mol. The summed E-state index contributed by atoms with van der Waals surface area (Å²) in [6.45, 7) is 0.506. The molecule has 6 nitrogen and oxygen atoms in total. The van der Waals surface area contributed by atoms with Crippen LogP contribution in [0.15, 0.2) is 26.2 Å². The third-order valence-electron chi connectivity index (χ3n) is 3.95. The Bertz CT molecular complexity index is 735. The number of sulfonamides is 1. The summed E-state index contributed by atoms with van der Waals surface area (Å²) in [4.78, 5) is 4.42. The van der Waals surface area contributed by atoms with E-state index in [4.69, 9.17) is 4.52 Å². The molecule has 8 heteroatoms. The molecule has 0 spiro atoms. The Labute approximate surface area is 126 Å². The van der Waals surface area contributed by atoms with Gasteiger partial charge in [-0.3, -0.25) is 0 Å². The lowest BCUT2D eigenvalue weighted by molar-refractivity contribution is 0.289. The van der Waals surface area contributed by atoms with Gasteiger partial charge in [0, 0.05) is 12.5 Å². The second-order valence-electron chi connectivity index (χ2n) is 5.47. The molecule has 0 radical (unpaired) electrons. The van der Waals surface area contributed by atoms with Crippen molar-refractivity contribution >= 4 is 21.4 Å². The van der Waals surface area contributed by atoms with Gasteiger partial charge < -0.3 is 4.52 Å². The van der Waals surface area contributed by atoms with Crippen molar-refractivity contribution in [3.63, 3.8) is 0 Å². The van der Waals surface area contributed by atoms with Gasteiger partial charge >= 0.3 is 0 Å². The van der Waals surface area contributed by atoms with Crippen molar-refractivity contribution in [1.29, 1.82) is 0 Å². The highest BCUT2D eigenvalue weighted by Gasteiger charge is 2.40. The van der Waals surface area contributed by atoms with Crippen LogP contribution in [0.3, 0.4) is 0 Å². The lowest BCUT2D eigenvalue weighted by Gasteiger charge is -2.20. The Morgan fingerprint density at radius 1 is 1.33 bits per heavy atom. The Balaban J connectivity index is 1.65. The summed E-state index contributed by atoms with van der Waals surface area (Å²) in [5.74, 6) is 1.58. The number of thiophene rings is 1. The van der Waals surface area contributed by atoms with E-state index in [-0.39, 0.29) is 6.04 Å². The number of aromatic nitrogens is 2. The fraction of sp³-hybridized carbons (Fsp3) is 0.538. The van der Waals surface area contributed by atoms with Gasteiger partial charge in [-0.1, -0.05) is 11.2 Å². The van der Waals surface area contributed by atoms with Crippen molar-refractivity contribution in [2.24, 2.45) is 0 Å². The van der Waals surface area contributed by atoms with Gasteiger partial charge in [0.2, 0.25) is 5.89 Å². The molecule has 1 atom stereocenters. The fourth-order valence-electron chi connectivity index (χ4n) is 2.69. The zero-order valence-corrected chi connectivity index (χ0v) is 12.9. The molecule has 1 saturated carbocycles. The van der Waals surface area contributed by atoms with Crippen LogP contribution in [0, 0.1) is 0 Å². The Morgan fingerprint density at radius 3 is 2.90 bits per heavy atom. The maximum absolute atomic E-state index is 12.7. The molecule has 112 valence electrons. The largest absolute Gasteiger partial charge is 0.338 e. The zero-order valence-electron chi connectivity index (χ0n) is 11.3.